The van der Waals surface area contributed by atoms with Crippen LogP contribution in [0.1, 0.15) is 33.1 Å². The van der Waals surface area contributed by atoms with Crippen molar-refractivity contribution in [3.8, 4) is 17.6 Å². The molecule has 1 unspecified atom stereocenters. The normalized spacial score (nSPS) is 12.0. The van der Waals surface area contributed by atoms with Crippen LogP contribution < -0.4 is 14.9 Å². The Bertz CT molecular complexity index is 689. The van der Waals surface area contributed by atoms with Crippen LogP contribution in [-0.4, -0.2) is 32.2 Å². The second kappa shape index (κ2) is 9.93. The predicted octanol–water partition coefficient (Wildman–Crippen LogP) is 1.43. The van der Waals surface area contributed by atoms with Crippen LogP contribution in [-0.2, 0) is 14.8 Å². The maximum absolute atomic E-state index is 12.3. The molecule has 0 radical (unpaired) electrons. The largest absolute Gasteiger partial charge is 0.481 e. The number of nitrogens with one attached hydrogen (secondary N) is 2. The fourth-order valence-corrected chi connectivity index (χ4v) is 3.20. The molecule has 0 aliphatic rings. The lowest BCUT2D eigenvalue weighted by Gasteiger charge is -2.14. The first-order valence-electron chi connectivity index (χ1n) is 7.46. The van der Waals surface area contributed by atoms with E-state index in [-0.39, 0.29) is 24.0 Å². The smallest absolute Gasteiger partial charge is 0.243 e. The predicted molar refractivity (Wildman–Crippen MR) is 89.0 cm³/mol. The summed E-state index contributed by atoms with van der Waals surface area (Å²) in [6.45, 7) is 3.68. The number of sulfonamides is 1. The van der Waals surface area contributed by atoms with Crippen LogP contribution in [0.5, 0.6) is 5.75 Å². The van der Waals surface area contributed by atoms with Gasteiger partial charge >= 0.3 is 0 Å². The van der Waals surface area contributed by atoms with Gasteiger partial charge in [-0.1, -0.05) is 5.92 Å². The Kier molecular flexibility index (Phi) is 8.26. The van der Waals surface area contributed by atoms with Crippen LogP contribution >= 0.6 is 0 Å². The van der Waals surface area contributed by atoms with Gasteiger partial charge in [0, 0.05) is 12.5 Å². The van der Waals surface area contributed by atoms with Gasteiger partial charge in [-0.25, -0.2) is 18.6 Å². The molecule has 0 spiro atoms. The summed E-state index contributed by atoms with van der Waals surface area (Å²) in [4.78, 5) is 11.0. The van der Waals surface area contributed by atoms with E-state index in [4.69, 9.17) is 9.94 Å². The lowest BCUT2D eigenvalue weighted by atomic mass is 10.1. The average molecular weight is 354 g/mol. The molecule has 1 rings (SSSR count). The van der Waals surface area contributed by atoms with E-state index in [1.165, 1.54) is 17.6 Å². The summed E-state index contributed by atoms with van der Waals surface area (Å²) >= 11 is 0. The SMILES string of the molecule is CC#CCOc1ccc(S(=O)(=O)NC(C)CCCC(=O)NO)cc1. The Morgan fingerprint density at radius 1 is 1.33 bits per heavy atom. The van der Waals surface area contributed by atoms with Crippen molar-refractivity contribution in [2.45, 2.75) is 44.0 Å². The van der Waals surface area contributed by atoms with Gasteiger partial charge in [0.1, 0.15) is 12.4 Å². The fraction of sp³-hybridized carbons (Fsp3) is 0.438. The summed E-state index contributed by atoms with van der Waals surface area (Å²) in [6.07, 6.45) is 1.07. The van der Waals surface area contributed by atoms with Crippen molar-refractivity contribution < 1.29 is 23.2 Å². The van der Waals surface area contributed by atoms with E-state index in [9.17, 15) is 13.2 Å². The number of ether oxygens (including phenoxy) is 1. The van der Waals surface area contributed by atoms with Crippen molar-refractivity contribution in [3.05, 3.63) is 24.3 Å². The van der Waals surface area contributed by atoms with E-state index >= 15 is 0 Å². The molecule has 7 nitrogen and oxygen atoms in total. The molecule has 0 bridgehead atoms. The number of carbonyl (C=O) groups is 1. The van der Waals surface area contributed by atoms with E-state index in [0.717, 1.165) is 0 Å². The van der Waals surface area contributed by atoms with Gasteiger partial charge in [0.05, 0.1) is 4.90 Å². The third kappa shape index (κ3) is 7.00. The van der Waals surface area contributed by atoms with E-state index in [1.54, 1.807) is 26.0 Å². The maximum atomic E-state index is 12.3. The summed E-state index contributed by atoms with van der Waals surface area (Å²) in [7, 11) is -3.64. The summed E-state index contributed by atoms with van der Waals surface area (Å²) in [5, 5.41) is 8.40. The van der Waals surface area contributed by atoms with Crippen molar-refractivity contribution in [1.29, 1.82) is 0 Å². The highest BCUT2D eigenvalue weighted by molar-refractivity contribution is 7.89. The Labute approximate surface area is 142 Å². The minimum atomic E-state index is -3.64. The summed E-state index contributed by atoms with van der Waals surface area (Å²) in [5.41, 5.74) is 1.54. The van der Waals surface area contributed by atoms with Crippen LogP contribution in [0.25, 0.3) is 0 Å². The molecule has 132 valence electrons. The van der Waals surface area contributed by atoms with Crippen LogP contribution in [0.4, 0.5) is 0 Å². The Morgan fingerprint density at radius 2 is 2.00 bits per heavy atom. The molecule has 1 amide bonds. The molecule has 1 atom stereocenters. The van der Waals surface area contributed by atoms with E-state index in [1.807, 2.05) is 0 Å². The van der Waals surface area contributed by atoms with Gasteiger partial charge in [0.15, 0.2) is 0 Å². The number of hydroxylamine groups is 1. The average Bonchev–Trinajstić information content (AvgIpc) is 2.55. The zero-order chi connectivity index (χ0) is 18.0. The molecule has 24 heavy (non-hydrogen) atoms. The second-order valence-electron chi connectivity index (χ2n) is 5.14. The number of hydrogen-bond acceptors (Lipinski definition) is 5. The van der Waals surface area contributed by atoms with Gasteiger partial charge in [0.25, 0.3) is 0 Å². The monoisotopic (exact) mass is 354 g/mol. The molecule has 0 aromatic heterocycles. The number of amides is 1. The molecule has 0 fully saturated rings. The highest BCUT2D eigenvalue weighted by Crippen LogP contribution is 2.16. The minimum absolute atomic E-state index is 0.134. The fourth-order valence-electron chi connectivity index (χ4n) is 1.92. The minimum Gasteiger partial charge on any atom is -0.481 e. The summed E-state index contributed by atoms with van der Waals surface area (Å²) in [5.74, 6) is 5.50. The van der Waals surface area contributed by atoms with E-state index < -0.39 is 15.9 Å². The molecular formula is C16H22N2O5S. The summed E-state index contributed by atoms with van der Waals surface area (Å²) in [6, 6.07) is 5.73. The van der Waals surface area contributed by atoms with Crippen molar-refractivity contribution in [1.82, 2.24) is 10.2 Å². The second-order valence-corrected chi connectivity index (χ2v) is 6.85. The van der Waals surface area contributed by atoms with Crippen LogP contribution in [0, 0.1) is 11.8 Å². The van der Waals surface area contributed by atoms with Gasteiger partial charge < -0.3 is 4.74 Å². The van der Waals surface area contributed by atoms with Gasteiger partial charge in [0.2, 0.25) is 15.9 Å². The van der Waals surface area contributed by atoms with Gasteiger partial charge in [-0.15, -0.1) is 5.92 Å². The van der Waals surface area contributed by atoms with Crippen molar-refractivity contribution in [2.24, 2.45) is 0 Å². The highest BCUT2D eigenvalue weighted by Gasteiger charge is 2.17. The molecule has 0 saturated carbocycles. The molecule has 1 aromatic carbocycles. The van der Waals surface area contributed by atoms with Crippen molar-refractivity contribution >= 4 is 15.9 Å². The topological polar surface area (TPSA) is 105 Å². The first-order chi connectivity index (χ1) is 11.4. The molecule has 0 aliphatic heterocycles. The van der Waals surface area contributed by atoms with Crippen LogP contribution in [0.15, 0.2) is 29.2 Å². The third-order valence-electron chi connectivity index (χ3n) is 3.14. The molecule has 3 N–H and O–H groups in total. The number of benzene rings is 1. The zero-order valence-electron chi connectivity index (χ0n) is 13.7. The Balaban J connectivity index is 2.57. The summed E-state index contributed by atoms with van der Waals surface area (Å²) < 4.78 is 32.4. The van der Waals surface area contributed by atoms with Crippen molar-refractivity contribution in [2.75, 3.05) is 6.61 Å². The van der Waals surface area contributed by atoms with E-state index in [0.29, 0.717) is 18.6 Å². The first kappa shape index (κ1) is 20.0. The number of carbonyl (C=O) groups excluding carboxylic acids is 1. The highest BCUT2D eigenvalue weighted by atomic mass is 32.2. The molecular weight excluding hydrogens is 332 g/mol. The van der Waals surface area contributed by atoms with Crippen LogP contribution in [0.3, 0.4) is 0 Å². The van der Waals surface area contributed by atoms with Gasteiger partial charge in [-0.05, 0) is 51.0 Å². The van der Waals surface area contributed by atoms with Gasteiger partial charge in [-0.3, -0.25) is 10.0 Å². The number of rotatable bonds is 9. The third-order valence-corrected chi connectivity index (χ3v) is 4.75. The van der Waals surface area contributed by atoms with E-state index in [2.05, 4.69) is 16.6 Å². The Hall–Kier alpha value is -2.08. The lowest BCUT2D eigenvalue weighted by molar-refractivity contribution is -0.129. The lowest BCUT2D eigenvalue weighted by Crippen LogP contribution is -2.32. The molecule has 8 heteroatoms. The quantitative estimate of drug-likeness (QED) is 0.353. The molecule has 1 aromatic rings. The molecule has 0 aliphatic carbocycles. The maximum Gasteiger partial charge on any atom is 0.243 e. The number of hydrogen-bond donors (Lipinski definition) is 3. The standard InChI is InChI=1S/C16H22N2O5S/c1-3-4-12-23-14-8-10-15(11-9-14)24(21,22)18-13(2)6-5-7-16(19)17-20/h8-11,13,18,20H,5-7,12H2,1-2H3,(H,17,19). The van der Waals surface area contributed by atoms with Gasteiger partial charge in [-0.2, -0.15) is 0 Å². The molecule has 0 heterocycles. The first-order valence-corrected chi connectivity index (χ1v) is 8.95. The van der Waals surface area contributed by atoms with Crippen LogP contribution in [0.2, 0.25) is 0 Å². The van der Waals surface area contributed by atoms with Crippen molar-refractivity contribution in [3.63, 3.8) is 0 Å². The zero-order valence-corrected chi connectivity index (χ0v) is 14.5. The molecule has 0 saturated heterocycles. The Morgan fingerprint density at radius 3 is 2.58 bits per heavy atom.